The fourth-order valence-electron chi connectivity index (χ4n) is 1.25. The van der Waals surface area contributed by atoms with Gasteiger partial charge >= 0.3 is 0 Å². The summed E-state index contributed by atoms with van der Waals surface area (Å²) in [5.74, 6) is 0.806. The first kappa shape index (κ1) is 13.6. The zero-order valence-electron chi connectivity index (χ0n) is 10.5. The molecule has 1 unspecified atom stereocenters. The van der Waals surface area contributed by atoms with Gasteiger partial charge < -0.3 is 10.4 Å². The van der Waals surface area contributed by atoms with Crippen LogP contribution in [-0.2, 0) is 6.54 Å². The monoisotopic (exact) mass is 242 g/mol. The molecule has 3 nitrogen and oxygen atoms in total. The van der Waals surface area contributed by atoms with Crippen molar-refractivity contribution in [2.75, 3.05) is 6.54 Å². The molecule has 1 aromatic heterocycles. The third-order valence-electron chi connectivity index (χ3n) is 2.49. The van der Waals surface area contributed by atoms with Crippen molar-refractivity contribution >= 4 is 11.3 Å². The largest absolute Gasteiger partial charge is 0.392 e. The highest BCUT2D eigenvalue weighted by molar-refractivity contribution is 7.11. The number of aromatic nitrogens is 1. The normalized spacial score (nSPS) is 13.7. The summed E-state index contributed by atoms with van der Waals surface area (Å²) in [6.45, 7) is 9.80. The summed E-state index contributed by atoms with van der Waals surface area (Å²) in [7, 11) is 0. The minimum atomic E-state index is -0.266. The molecule has 0 fully saturated rings. The number of rotatable bonds is 6. The summed E-state index contributed by atoms with van der Waals surface area (Å²) in [5, 5.41) is 14.1. The van der Waals surface area contributed by atoms with Gasteiger partial charge in [0.15, 0.2) is 0 Å². The van der Waals surface area contributed by atoms with E-state index >= 15 is 0 Å². The maximum Gasteiger partial charge on any atom is 0.0953 e. The number of hydrogen-bond donors (Lipinski definition) is 2. The number of hydrogen-bond acceptors (Lipinski definition) is 4. The van der Waals surface area contributed by atoms with Crippen molar-refractivity contribution in [3.63, 3.8) is 0 Å². The molecule has 0 aliphatic rings. The highest BCUT2D eigenvalue weighted by Gasteiger charge is 2.09. The molecule has 1 aromatic rings. The molecule has 92 valence electrons. The van der Waals surface area contributed by atoms with Gasteiger partial charge in [0, 0.05) is 30.1 Å². The summed E-state index contributed by atoms with van der Waals surface area (Å²) < 4.78 is 0. The van der Waals surface area contributed by atoms with E-state index in [9.17, 15) is 5.11 Å². The number of thiazole rings is 1. The topological polar surface area (TPSA) is 45.2 Å². The van der Waals surface area contributed by atoms with Crippen LogP contribution in [0.1, 0.15) is 43.5 Å². The van der Waals surface area contributed by atoms with Crippen LogP contribution in [0.5, 0.6) is 0 Å². The first-order chi connectivity index (χ1) is 7.50. The van der Waals surface area contributed by atoms with Crippen LogP contribution in [0.2, 0.25) is 0 Å². The van der Waals surface area contributed by atoms with Crippen molar-refractivity contribution < 1.29 is 5.11 Å². The Morgan fingerprint density at radius 2 is 2.06 bits per heavy atom. The second-order valence-corrected chi connectivity index (χ2v) is 5.91. The van der Waals surface area contributed by atoms with Crippen molar-refractivity contribution in [2.24, 2.45) is 5.92 Å². The molecule has 0 saturated heterocycles. The van der Waals surface area contributed by atoms with E-state index < -0.39 is 0 Å². The lowest BCUT2D eigenvalue weighted by atomic mass is 10.1. The SMILES string of the molecule is CC(C)c1ncc(CNCC(O)C(C)C)s1. The van der Waals surface area contributed by atoms with E-state index in [-0.39, 0.29) is 6.10 Å². The number of aliphatic hydroxyl groups excluding tert-OH is 1. The first-order valence-corrected chi connectivity index (χ1v) is 6.65. The van der Waals surface area contributed by atoms with Gasteiger partial charge in [0.2, 0.25) is 0 Å². The third kappa shape index (κ3) is 4.20. The number of aliphatic hydroxyl groups is 1. The zero-order valence-corrected chi connectivity index (χ0v) is 11.3. The second-order valence-electron chi connectivity index (χ2n) is 4.76. The lowest BCUT2D eigenvalue weighted by Gasteiger charge is -2.14. The van der Waals surface area contributed by atoms with Crippen LogP contribution >= 0.6 is 11.3 Å². The summed E-state index contributed by atoms with van der Waals surface area (Å²) in [5.41, 5.74) is 0. The Hall–Kier alpha value is -0.450. The van der Waals surface area contributed by atoms with E-state index in [1.807, 2.05) is 20.0 Å². The molecule has 0 aliphatic carbocycles. The van der Waals surface area contributed by atoms with Crippen LogP contribution in [0.15, 0.2) is 6.20 Å². The fourth-order valence-corrected chi connectivity index (χ4v) is 2.14. The van der Waals surface area contributed by atoms with Crippen LogP contribution in [-0.4, -0.2) is 22.7 Å². The van der Waals surface area contributed by atoms with Crippen LogP contribution in [0.4, 0.5) is 0 Å². The molecule has 0 radical (unpaired) electrons. The van der Waals surface area contributed by atoms with Gasteiger partial charge in [-0.15, -0.1) is 11.3 Å². The smallest absolute Gasteiger partial charge is 0.0953 e. The van der Waals surface area contributed by atoms with Gasteiger partial charge in [0.05, 0.1) is 11.1 Å². The molecule has 1 heterocycles. The predicted octanol–water partition coefficient (Wildman–Crippen LogP) is 2.37. The van der Waals surface area contributed by atoms with E-state index in [1.165, 1.54) is 9.88 Å². The van der Waals surface area contributed by atoms with E-state index in [2.05, 4.69) is 24.1 Å². The Morgan fingerprint density at radius 3 is 2.56 bits per heavy atom. The van der Waals surface area contributed by atoms with Gasteiger partial charge in [-0.25, -0.2) is 4.98 Å². The lowest BCUT2D eigenvalue weighted by Crippen LogP contribution is -2.29. The molecule has 2 N–H and O–H groups in total. The Kier molecular flexibility index (Phi) is 5.38. The standard InChI is InChI=1S/C12H22N2OS/c1-8(2)11(15)7-13-5-10-6-14-12(16-10)9(3)4/h6,8-9,11,13,15H,5,7H2,1-4H3. The van der Waals surface area contributed by atoms with Gasteiger partial charge in [-0.2, -0.15) is 0 Å². The Morgan fingerprint density at radius 1 is 1.38 bits per heavy atom. The Bertz CT molecular complexity index is 310. The number of nitrogens with zero attached hydrogens (tertiary/aromatic N) is 1. The van der Waals surface area contributed by atoms with E-state index in [1.54, 1.807) is 11.3 Å². The Balaban J connectivity index is 2.32. The molecular formula is C12H22N2OS. The van der Waals surface area contributed by atoms with Crippen molar-refractivity contribution in [1.82, 2.24) is 10.3 Å². The molecule has 0 saturated carbocycles. The molecule has 0 amide bonds. The molecule has 4 heteroatoms. The van der Waals surface area contributed by atoms with Crippen molar-refractivity contribution in [1.29, 1.82) is 0 Å². The first-order valence-electron chi connectivity index (χ1n) is 5.84. The molecule has 0 spiro atoms. The van der Waals surface area contributed by atoms with Gasteiger partial charge in [0.1, 0.15) is 0 Å². The predicted molar refractivity (Wildman–Crippen MR) is 68.8 cm³/mol. The zero-order chi connectivity index (χ0) is 12.1. The molecule has 16 heavy (non-hydrogen) atoms. The van der Waals surface area contributed by atoms with Crippen molar-refractivity contribution in [3.05, 3.63) is 16.1 Å². The maximum atomic E-state index is 9.62. The molecule has 0 aliphatic heterocycles. The molecule has 0 aromatic carbocycles. The highest BCUT2D eigenvalue weighted by atomic mass is 32.1. The molecular weight excluding hydrogens is 220 g/mol. The van der Waals surface area contributed by atoms with E-state index in [4.69, 9.17) is 0 Å². The highest BCUT2D eigenvalue weighted by Crippen LogP contribution is 2.20. The second kappa shape index (κ2) is 6.33. The van der Waals surface area contributed by atoms with E-state index in [0.717, 1.165) is 6.54 Å². The van der Waals surface area contributed by atoms with Crippen LogP contribution < -0.4 is 5.32 Å². The van der Waals surface area contributed by atoms with Crippen LogP contribution in [0.3, 0.4) is 0 Å². The van der Waals surface area contributed by atoms with Gasteiger partial charge in [-0.05, 0) is 5.92 Å². The Labute approximate surface area is 102 Å². The van der Waals surface area contributed by atoms with Crippen molar-refractivity contribution in [2.45, 2.75) is 46.3 Å². The molecule has 1 atom stereocenters. The summed E-state index contributed by atoms with van der Waals surface area (Å²) >= 11 is 1.75. The minimum Gasteiger partial charge on any atom is -0.392 e. The summed E-state index contributed by atoms with van der Waals surface area (Å²) in [6.07, 6.45) is 1.66. The van der Waals surface area contributed by atoms with Crippen molar-refractivity contribution in [3.8, 4) is 0 Å². The van der Waals surface area contributed by atoms with E-state index in [0.29, 0.717) is 18.4 Å². The summed E-state index contributed by atoms with van der Waals surface area (Å²) in [6, 6.07) is 0. The average Bonchev–Trinajstić information content (AvgIpc) is 2.66. The lowest BCUT2D eigenvalue weighted by molar-refractivity contribution is 0.123. The van der Waals surface area contributed by atoms with Crippen LogP contribution in [0.25, 0.3) is 0 Å². The quantitative estimate of drug-likeness (QED) is 0.805. The molecule has 0 bridgehead atoms. The molecule has 1 rings (SSSR count). The minimum absolute atomic E-state index is 0.266. The van der Waals surface area contributed by atoms with Gasteiger partial charge in [-0.3, -0.25) is 0 Å². The maximum absolute atomic E-state index is 9.62. The number of nitrogens with one attached hydrogen (secondary N) is 1. The van der Waals surface area contributed by atoms with Crippen LogP contribution in [0, 0.1) is 5.92 Å². The third-order valence-corrected chi connectivity index (χ3v) is 3.79. The summed E-state index contributed by atoms with van der Waals surface area (Å²) in [4.78, 5) is 5.60. The fraction of sp³-hybridized carbons (Fsp3) is 0.750. The van der Waals surface area contributed by atoms with Gasteiger partial charge in [-0.1, -0.05) is 27.7 Å². The average molecular weight is 242 g/mol. The van der Waals surface area contributed by atoms with Gasteiger partial charge in [0.25, 0.3) is 0 Å².